The summed E-state index contributed by atoms with van der Waals surface area (Å²) >= 11 is 0. The molecule has 1 nitrogen and oxygen atoms in total. The van der Waals surface area contributed by atoms with E-state index in [1.54, 1.807) is 0 Å². The Labute approximate surface area is 119 Å². The normalized spacial score (nSPS) is 38.3. The molecule has 1 saturated heterocycles. The molecule has 2 saturated carbocycles. The van der Waals surface area contributed by atoms with Gasteiger partial charge in [0.25, 0.3) is 5.92 Å². The fourth-order valence-electron chi connectivity index (χ4n) is 4.51. The minimum atomic E-state index is -2.40. The molecule has 1 aromatic rings. The lowest BCUT2D eigenvalue weighted by Crippen LogP contribution is -2.56. The van der Waals surface area contributed by atoms with Gasteiger partial charge in [-0.15, -0.1) is 0 Å². The molecule has 1 aromatic carbocycles. The molecule has 20 heavy (non-hydrogen) atoms. The number of fused-ring (bicyclic) bond motifs is 1. The van der Waals surface area contributed by atoms with Crippen molar-refractivity contribution >= 4 is 0 Å². The van der Waals surface area contributed by atoms with Gasteiger partial charge in [0.15, 0.2) is 0 Å². The fourth-order valence-corrected chi connectivity index (χ4v) is 4.51. The summed E-state index contributed by atoms with van der Waals surface area (Å²) in [5.74, 6) is 0.801. The van der Waals surface area contributed by atoms with E-state index in [2.05, 4.69) is 30.3 Å². The summed E-state index contributed by atoms with van der Waals surface area (Å²) in [6, 6.07) is 10.7. The highest BCUT2D eigenvalue weighted by Crippen LogP contribution is 2.60. The number of halogens is 2. The van der Waals surface area contributed by atoms with Crippen molar-refractivity contribution in [2.75, 3.05) is 19.6 Å². The summed E-state index contributed by atoms with van der Waals surface area (Å²) in [6.45, 7) is 0.912. The number of hydrogen-bond acceptors (Lipinski definition) is 1. The molecule has 1 heterocycles. The number of nitrogens with zero attached hydrogens (tertiary/aromatic N) is 1. The van der Waals surface area contributed by atoms with Crippen LogP contribution in [0.3, 0.4) is 0 Å². The molecule has 4 rings (SSSR count). The minimum Gasteiger partial charge on any atom is -0.291 e. The van der Waals surface area contributed by atoms with E-state index >= 15 is 0 Å². The number of rotatable bonds is 4. The lowest BCUT2D eigenvalue weighted by atomic mass is 9.92. The highest BCUT2D eigenvalue weighted by molar-refractivity contribution is 5.17. The van der Waals surface area contributed by atoms with Crippen LogP contribution in [0.25, 0.3) is 0 Å². The first-order valence-corrected chi connectivity index (χ1v) is 7.75. The maximum Gasteiger partial charge on any atom is 0.272 e. The van der Waals surface area contributed by atoms with Crippen molar-refractivity contribution in [3.8, 4) is 0 Å². The van der Waals surface area contributed by atoms with E-state index in [4.69, 9.17) is 0 Å². The third kappa shape index (κ3) is 2.37. The Bertz CT molecular complexity index is 467. The van der Waals surface area contributed by atoms with E-state index in [1.807, 2.05) is 4.90 Å². The molecule has 0 spiro atoms. The lowest BCUT2D eigenvalue weighted by molar-refractivity contribution is -0.132. The van der Waals surface area contributed by atoms with Gasteiger partial charge in [0.05, 0.1) is 13.1 Å². The van der Waals surface area contributed by atoms with Gasteiger partial charge in [0.1, 0.15) is 0 Å². The van der Waals surface area contributed by atoms with E-state index < -0.39 is 5.92 Å². The van der Waals surface area contributed by atoms with Gasteiger partial charge < -0.3 is 0 Å². The van der Waals surface area contributed by atoms with Crippen molar-refractivity contribution in [1.82, 2.24) is 4.90 Å². The molecule has 3 heteroatoms. The standard InChI is InChI=1S/C17H21F2N/c18-17(19)10-20(11-17)9-16-14-7-13(8-15(14)16)6-12-4-2-1-3-5-12/h1-5,13-16H,6-11H2/t13?,14-,15+,16+. The van der Waals surface area contributed by atoms with E-state index in [-0.39, 0.29) is 13.1 Å². The van der Waals surface area contributed by atoms with E-state index in [0.29, 0.717) is 0 Å². The predicted octanol–water partition coefficient (Wildman–Crippen LogP) is 3.45. The largest absolute Gasteiger partial charge is 0.291 e. The van der Waals surface area contributed by atoms with Gasteiger partial charge in [-0.25, -0.2) is 8.78 Å². The van der Waals surface area contributed by atoms with Crippen molar-refractivity contribution in [1.29, 1.82) is 0 Å². The van der Waals surface area contributed by atoms with Gasteiger partial charge in [-0.05, 0) is 48.5 Å². The van der Waals surface area contributed by atoms with Crippen LogP contribution in [0.1, 0.15) is 18.4 Å². The highest BCUT2D eigenvalue weighted by atomic mass is 19.3. The first kappa shape index (κ1) is 12.8. The topological polar surface area (TPSA) is 3.24 Å². The zero-order chi connectivity index (χ0) is 13.7. The molecule has 0 N–H and O–H groups in total. The molecule has 2 aliphatic carbocycles. The zero-order valence-corrected chi connectivity index (χ0v) is 11.6. The van der Waals surface area contributed by atoms with Crippen LogP contribution in [0.4, 0.5) is 8.78 Å². The second kappa shape index (κ2) is 4.52. The maximum absolute atomic E-state index is 12.8. The summed E-state index contributed by atoms with van der Waals surface area (Å²) in [5, 5.41) is 0. The van der Waals surface area contributed by atoms with Crippen LogP contribution in [-0.4, -0.2) is 30.5 Å². The number of likely N-dealkylation sites (tertiary alicyclic amines) is 1. The Kier molecular flexibility index (Phi) is 2.88. The molecule has 4 atom stereocenters. The molecule has 3 fully saturated rings. The molecule has 0 radical (unpaired) electrons. The summed E-state index contributed by atoms with van der Waals surface area (Å²) in [7, 11) is 0. The van der Waals surface area contributed by atoms with E-state index in [1.165, 1.54) is 24.8 Å². The highest BCUT2D eigenvalue weighted by Gasteiger charge is 2.57. The van der Waals surface area contributed by atoms with Crippen LogP contribution in [0, 0.1) is 23.7 Å². The lowest BCUT2D eigenvalue weighted by Gasteiger charge is -2.39. The number of hydrogen-bond donors (Lipinski definition) is 0. The van der Waals surface area contributed by atoms with E-state index in [9.17, 15) is 8.78 Å². The van der Waals surface area contributed by atoms with Gasteiger partial charge in [0.2, 0.25) is 0 Å². The van der Waals surface area contributed by atoms with Crippen molar-refractivity contribution < 1.29 is 8.78 Å². The SMILES string of the molecule is FC1(F)CN(C[C@H]2[C@@H]3CC(Cc4ccccc4)C[C@@H]32)C1. The van der Waals surface area contributed by atoms with Gasteiger partial charge in [-0.3, -0.25) is 4.90 Å². The van der Waals surface area contributed by atoms with Crippen LogP contribution in [0.2, 0.25) is 0 Å². The smallest absolute Gasteiger partial charge is 0.272 e. The molecular weight excluding hydrogens is 256 g/mol. The Balaban J connectivity index is 1.23. The second-order valence-corrected chi connectivity index (χ2v) is 7.04. The molecule has 108 valence electrons. The second-order valence-electron chi connectivity index (χ2n) is 7.04. The molecule has 0 aromatic heterocycles. The molecule has 0 amide bonds. The fraction of sp³-hybridized carbons (Fsp3) is 0.647. The first-order valence-electron chi connectivity index (χ1n) is 7.75. The van der Waals surface area contributed by atoms with Crippen LogP contribution in [0.5, 0.6) is 0 Å². The monoisotopic (exact) mass is 277 g/mol. The summed E-state index contributed by atoms with van der Waals surface area (Å²) in [6.07, 6.45) is 3.82. The van der Waals surface area contributed by atoms with Crippen molar-refractivity contribution in [3.05, 3.63) is 35.9 Å². The average Bonchev–Trinajstić information content (AvgIpc) is 2.82. The third-order valence-corrected chi connectivity index (χ3v) is 5.47. The summed E-state index contributed by atoms with van der Waals surface area (Å²) < 4.78 is 25.6. The molecule has 1 aliphatic heterocycles. The number of benzene rings is 1. The van der Waals surface area contributed by atoms with Crippen molar-refractivity contribution in [3.63, 3.8) is 0 Å². The van der Waals surface area contributed by atoms with Crippen LogP contribution < -0.4 is 0 Å². The molecule has 0 bridgehead atoms. The van der Waals surface area contributed by atoms with Gasteiger partial charge in [-0.2, -0.15) is 0 Å². The summed E-state index contributed by atoms with van der Waals surface area (Å²) in [5.41, 5.74) is 1.44. The first-order chi connectivity index (χ1) is 9.61. The quantitative estimate of drug-likeness (QED) is 0.815. The minimum absolute atomic E-state index is 0.00359. The summed E-state index contributed by atoms with van der Waals surface area (Å²) in [4.78, 5) is 1.94. The molecular formula is C17H21F2N. The number of alkyl halides is 2. The van der Waals surface area contributed by atoms with Crippen molar-refractivity contribution in [2.24, 2.45) is 23.7 Å². The third-order valence-electron chi connectivity index (χ3n) is 5.47. The van der Waals surface area contributed by atoms with Gasteiger partial charge in [-0.1, -0.05) is 30.3 Å². The van der Waals surface area contributed by atoms with Crippen LogP contribution in [0.15, 0.2) is 30.3 Å². The maximum atomic E-state index is 12.8. The van der Waals surface area contributed by atoms with Crippen molar-refractivity contribution in [2.45, 2.75) is 25.2 Å². The van der Waals surface area contributed by atoms with E-state index in [0.717, 1.165) is 30.2 Å². The molecule has 1 unspecified atom stereocenters. The van der Waals surface area contributed by atoms with Crippen LogP contribution in [-0.2, 0) is 6.42 Å². The molecule has 3 aliphatic rings. The zero-order valence-electron chi connectivity index (χ0n) is 11.6. The Hall–Kier alpha value is -0.960. The predicted molar refractivity (Wildman–Crippen MR) is 74.7 cm³/mol. The average molecular weight is 277 g/mol. The Morgan fingerprint density at radius 1 is 1.05 bits per heavy atom. The van der Waals surface area contributed by atoms with Gasteiger partial charge in [0, 0.05) is 6.54 Å². The Morgan fingerprint density at radius 2 is 1.70 bits per heavy atom. The van der Waals surface area contributed by atoms with Crippen LogP contribution >= 0.6 is 0 Å². The van der Waals surface area contributed by atoms with Gasteiger partial charge >= 0.3 is 0 Å². The Morgan fingerprint density at radius 3 is 2.30 bits per heavy atom.